The van der Waals surface area contributed by atoms with Gasteiger partial charge in [-0.1, -0.05) is 12.1 Å². The number of hydrogen-bond donors (Lipinski definition) is 2. The van der Waals surface area contributed by atoms with Crippen molar-refractivity contribution >= 4 is 6.03 Å². The van der Waals surface area contributed by atoms with Crippen molar-refractivity contribution in [1.82, 2.24) is 10.2 Å². The van der Waals surface area contributed by atoms with Gasteiger partial charge < -0.3 is 15.3 Å². The summed E-state index contributed by atoms with van der Waals surface area (Å²) in [6, 6.07) is 4.38. The Morgan fingerprint density at radius 1 is 1.32 bits per heavy atom. The molecule has 0 atom stereocenters. The van der Waals surface area contributed by atoms with Crippen LogP contribution in [0.15, 0.2) is 24.3 Å². The molecular formula is C15H21F3N2O2. The molecule has 0 bridgehead atoms. The lowest BCUT2D eigenvalue weighted by molar-refractivity contribution is -0.137. The van der Waals surface area contributed by atoms with E-state index in [2.05, 4.69) is 5.32 Å². The van der Waals surface area contributed by atoms with E-state index in [9.17, 15) is 23.1 Å². The molecular weight excluding hydrogens is 297 g/mol. The zero-order valence-corrected chi connectivity index (χ0v) is 12.9. The fourth-order valence-electron chi connectivity index (χ4n) is 1.94. The summed E-state index contributed by atoms with van der Waals surface area (Å²) in [5.41, 5.74) is -1.42. The molecule has 0 radical (unpaired) electrons. The standard InChI is InChI=1S/C15H21F3N2O2/c1-4-20(10-14(2,3)22)13(21)19-9-11-6-5-7-12(8-11)15(16,17)18/h5-8,22H,4,9-10H2,1-3H3,(H,19,21). The van der Waals surface area contributed by atoms with E-state index in [0.717, 1.165) is 12.1 Å². The normalized spacial score (nSPS) is 12.1. The molecule has 0 saturated carbocycles. The topological polar surface area (TPSA) is 52.6 Å². The van der Waals surface area contributed by atoms with E-state index in [1.165, 1.54) is 17.0 Å². The number of amides is 2. The summed E-state index contributed by atoms with van der Waals surface area (Å²) in [5.74, 6) is 0. The molecule has 0 fully saturated rings. The molecule has 7 heteroatoms. The van der Waals surface area contributed by atoms with Gasteiger partial charge in [0.25, 0.3) is 0 Å². The first kappa shape index (κ1) is 18.3. The quantitative estimate of drug-likeness (QED) is 0.877. The van der Waals surface area contributed by atoms with Crippen LogP contribution in [-0.4, -0.2) is 34.7 Å². The van der Waals surface area contributed by atoms with Crippen LogP contribution in [0.4, 0.5) is 18.0 Å². The van der Waals surface area contributed by atoms with Crippen LogP contribution < -0.4 is 5.32 Å². The largest absolute Gasteiger partial charge is 0.416 e. The number of likely N-dealkylation sites (N-methyl/N-ethyl adjacent to an activating group) is 1. The maximum Gasteiger partial charge on any atom is 0.416 e. The lowest BCUT2D eigenvalue weighted by atomic mass is 10.1. The van der Waals surface area contributed by atoms with E-state index >= 15 is 0 Å². The first-order valence-corrected chi connectivity index (χ1v) is 6.94. The van der Waals surface area contributed by atoms with Gasteiger partial charge in [0.1, 0.15) is 0 Å². The number of nitrogens with zero attached hydrogens (tertiary/aromatic N) is 1. The second-order valence-corrected chi connectivity index (χ2v) is 5.68. The van der Waals surface area contributed by atoms with Crippen molar-refractivity contribution in [2.45, 2.75) is 39.1 Å². The van der Waals surface area contributed by atoms with Gasteiger partial charge in [0.15, 0.2) is 0 Å². The molecule has 0 saturated heterocycles. The van der Waals surface area contributed by atoms with Gasteiger partial charge in [-0.15, -0.1) is 0 Å². The van der Waals surface area contributed by atoms with Gasteiger partial charge in [0.05, 0.1) is 17.7 Å². The number of benzene rings is 1. The average molecular weight is 318 g/mol. The third kappa shape index (κ3) is 5.93. The SMILES string of the molecule is CCN(CC(C)(C)O)C(=O)NCc1cccc(C(F)(F)F)c1. The molecule has 1 rings (SSSR count). The second kappa shape index (κ2) is 7.00. The van der Waals surface area contributed by atoms with Crippen molar-refractivity contribution in [3.05, 3.63) is 35.4 Å². The number of carbonyl (C=O) groups excluding carboxylic acids is 1. The van der Waals surface area contributed by atoms with Gasteiger partial charge in [-0.05, 0) is 38.5 Å². The minimum Gasteiger partial charge on any atom is -0.389 e. The molecule has 0 heterocycles. The third-order valence-electron chi connectivity index (χ3n) is 2.94. The number of aliphatic hydroxyl groups is 1. The fraction of sp³-hybridized carbons (Fsp3) is 0.533. The second-order valence-electron chi connectivity index (χ2n) is 5.68. The van der Waals surface area contributed by atoms with E-state index in [1.807, 2.05) is 0 Å². The van der Waals surface area contributed by atoms with Crippen LogP contribution in [-0.2, 0) is 12.7 Å². The van der Waals surface area contributed by atoms with Gasteiger partial charge in [-0.3, -0.25) is 0 Å². The van der Waals surface area contributed by atoms with Crippen molar-refractivity contribution in [3.8, 4) is 0 Å². The van der Waals surface area contributed by atoms with Gasteiger partial charge in [0, 0.05) is 13.1 Å². The van der Waals surface area contributed by atoms with Crippen molar-refractivity contribution in [2.24, 2.45) is 0 Å². The molecule has 22 heavy (non-hydrogen) atoms. The molecule has 1 aromatic carbocycles. The lowest BCUT2D eigenvalue weighted by Crippen LogP contribution is -2.46. The zero-order chi connectivity index (χ0) is 17.0. The van der Waals surface area contributed by atoms with Crippen LogP contribution in [0, 0.1) is 0 Å². The van der Waals surface area contributed by atoms with Crippen LogP contribution in [0.1, 0.15) is 31.9 Å². The Kier molecular flexibility index (Phi) is 5.82. The van der Waals surface area contributed by atoms with Crippen LogP contribution >= 0.6 is 0 Å². The Morgan fingerprint density at radius 2 is 1.95 bits per heavy atom. The van der Waals surface area contributed by atoms with Gasteiger partial charge >= 0.3 is 12.2 Å². The van der Waals surface area contributed by atoms with E-state index < -0.39 is 23.4 Å². The first-order valence-electron chi connectivity index (χ1n) is 6.94. The minimum absolute atomic E-state index is 0.00882. The fourth-order valence-corrected chi connectivity index (χ4v) is 1.94. The number of alkyl halides is 3. The molecule has 0 aliphatic carbocycles. The van der Waals surface area contributed by atoms with E-state index in [1.54, 1.807) is 20.8 Å². The molecule has 124 valence electrons. The Morgan fingerprint density at radius 3 is 2.45 bits per heavy atom. The number of urea groups is 1. The number of hydrogen-bond acceptors (Lipinski definition) is 2. The maximum absolute atomic E-state index is 12.6. The number of nitrogens with one attached hydrogen (secondary N) is 1. The van der Waals surface area contributed by atoms with Crippen LogP contribution in [0.25, 0.3) is 0 Å². The highest BCUT2D eigenvalue weighted by Gasteiger charge is 2.30. The van der Waals surface area contributed by atoms with E-state index in [4.69, 9.17) is 0 Å². The Bertz CT molecular complexity index is 510. The molecule has 0 aliphatic heterocycles. The van der Waals surface area contributed by atoms with E-state index in [-0.39, 0.29) is 13.1 Å². The van der Waals surface area contributed by atoms with Crippen molar-refractivity contribution in [1.29, 1.82) is 0 Å². The van der Waals surface area contributed by atoms with Crippen molar-refractivity contribution < 1.29 is 23.1 Å². The van der Waals surface area contributed by atoms with Gasteiger partial charge in [-0.2, -0.15) is 13.2 Å². The molecule has 2 N–H and O–H groups in total. The van der Waals surface area contributed by atoms with E-state index in [0.29, 0.717) is 12.1 Å². The van der Waals surface area contributed by atoms with Gasteiger partial charge in [-0.25, -0.2) is 4.79 Å². The minimum atomic E-state index is -4.41. The molecule has 0 spiro atoms. The first-order chi connectivity index (χ1) is 10.0. The Hall–Kier alpha value is -1.76. The average Bonchev–Trinajstić information content (AvgIpc) is 2.40. The molecule has 2 amide bonds. The summed E-state index contributed by atoms with van der Waals surface area (Å²) < 4.78 is 37.8. The summed E-state index contributed by atoms with van der Waals surface area (Å²) in [7, 11) is 0. The maximum atomic E-state index is 12.6. The highest BCUT2D eigenvalue weighted by molar-refractivity contribution is 5.74. The summed E-state index contributed by atoms with van der Waals surface area (Å²) in [6.07, 6.45) is -4.41. The van der Waals surface area contributed by atoms with Crippen molar-refractivity contribution in [2.75, 3.05) is 13.1 Å². The molecule has 1 aromatic rings. The monoisotopic (exact) mass is 318 g/mol. The van der Waals surface area contributed by atoms with Crippen LogP contribution in [0.3, 0.4) is 0 Å². The summed E-state index contributed by atoms with van der Waals surface area (Å²) in [6.45, 7) is 5.43. The summed E-state index contributed by atoms with van der Waals surface area (Å²) in [4.78, 5) is 13.4. The number of halogens is 3. The smallest absolute Gasteiger partial charge is 0.389 e. The third-order valence-corrected chi connectivity index (χ3v) is 2.94. The summed E-state index contributed by atoms with van der Waals surface area (Å²) >= 11 is 0. The molecule has 0 aromatic heterocycles. The molecule has 4 nitrogen and oxygen atoms in total. The highest BCUT2D eigenvalue weighted by atomic mass is 19.4. The highest BCUT2D eigenvalue weighted by Crippen LogP contribution is 2.29. The predicted octanol–water partition coefficient (Wildman–Crippen LogP) is 3.01. The molecule has 0 unspecified atom stereocenters. The lowest BCUT2D eigenvalue weighted by Gasteiger charge is -2.28. The predicted molar refractivity (Wildman–Crippen MR) is 77.2 cm³/mol. The van der Waals surface area contributed by atoms with Crippen LogP contribution in [0.2, 0.25) is 0 Å². The van der Waals surface area contributed by atoms with Crippen molar-refractivity contribution in [3.63, 3.8) is 0 Å². The van der Waals surface area contributed by atoms with Gasteiger partial charge in [0.2, 0.25) is 0 Å². The number of carbonyl (C=O) groups is 1. The number of rotatable bonds is 5. The Labute approximate surface area is 127 Å². The zero-order valence-electron chi connectivity index (χ0n) is 12.9. The Balaban J connectivity index is 2.67. The molecule has 0 aliphatic rings. The van der Waals surface area contributed by atoms with Crippen LogP contribution in [0.5, 0.6) is 0 Å². The summed E-state index contributed by atoms with van der Waals surface area (Å²) in [5, 5.41) is 12.3.